The van der Waals surface area contributed by atoms with Crippen molar-refractivity contribution >= 4 is 16.9 Å². The minimum atomic E-state index is -0.969. The highest BCUT2D eigenvalue weighted by Gasteiger charge is 2.26. The monoisotopic (exact) mass is 458 g/mol. The average molecular weight is 459 g/mol. The van der Waals surface area contributed by atoms with Crippen molar-refractivity contribution in [2.45, 2.75) is 40.3 Å². The summed E-state index contributed by atoms with van der Waals surface area (Å²) in [6.07, 6.45) is 1.46. The van der Waals surface area contributed by atoms with Crippen molar-refractivity contribution in [2.75, 3.05) is 26.2 Å². The summed E-state index contributed by atoms with van der Waals surface area (Å²) in [4.78, 5) is 19.6. The fourth-order valence-electron chi connectivity index (χ4n) is 3.90. The molecule has 1 unspecified atom stereocenters. The maximum Gasteiger partial charge on any atom is 0.243 e. The summed E-state index contributed by atoms with van der Waals surface area (Å²) in [5.74, 6) is -1.53. The molecule has 1 amide bonds. The molecule has 0 radical (unpaired) electrons. The summed E-state index contributed by atoms with van der Waals surface area (Å²) < 4.78 is 35.0. The average Bonchev–Trinajstić information content (AvgIpc) is 3.18. The summed E-state index contributed by atoms with van der Waals surface area (Å²) in [6.45, 7) is 11.7. The second-order valence-electron chi connectivity index (χ2n) is 8.30. The van der Waals surface area contributed by atoms with Crippen LogP contribution in [0.3, 0.4) is 0 Å². The molecule has 0 aliphatic rings. The van der Waals surface area contributed by atoms with Gasteiger partial charge >= 0.3 is 0 Å². The Morgan fingerprint density at radius 2 is 1.85 bits per heavy atom. The number of imidazole rings is 1. The SMILES string of the molecule is CCN(CC)CCOc1ccccc1CNC(=O)C(C(C)C)n1cnc2cc(F)c(F)cc21. The molecule has 8 heteroatoms. The van der Waals surface area contributed by atoms with Crippen LogP contribution in [0.15, 0.2) is 42.7 Å². The molecule has 0 fully saturated rings. The molecule has 1 aromatic heterocycles. The zero-order valence-electron chi connectivity index (χ0n) is 19.6. The van der Waals surface area contributed by atoms with E-state index in [1.54, 1.807) is 4.57 Å². The lowest BCUT2D eigenvalue weighted by Gasteiger charge is -2.23. The lowest BCUT2D eigenvalue weighted by Crippen LogP contribution is -2.35. The Morgan fingerprint density at radius 3 is 2.55 bits per heavy atom. The van der Waals surface area contributed by atoms with Crippen LogP contribution in [0.5, 0.6) is 5.75 Å². The molecule has 0 saturated heterocycles. The first-order chi connectivity index (χ1) is 15.8. The predicted octanol–water partition coefficient (Wildman–Crippen LogP) is 4.55. The number of para-hydroxylation sites is 1. The molecule has 0 bridgehead atoms. The minimum absolute atomic E-state index is 0.101. The van der Waals surface area contributed by atoms with Crippen molar-refractivity contribution < 1.29 is 18.3 Å². The Hall–Kier alpha value is -3.00. The van der Waals surface area contributed by atoms with Gasteiger partial charge in [0.05, 0.1) is 17.4 Å². The normalized spacial score (nSPS) is 12.5. The third-order valence-corrected chi connectivity index (χ3v) is 5.80. The number of hydrogen-bond donors (Lipinski definition) is 1. The summed E-state index contributed by atoms with van der Waals surface area (Å²) in [5.41, 5.74) is 1.55. The van der Waals surface area contributed by atoms with Crippen LogP contribution >= 0.6 is 0 Å². The number of nitrogens with one attached hydrogen (secondary N) is 1. The van der Waals surface area contributed by atoms with Gasteiger partial charge in [0, 0.05) is 30.8 Å². The van der Waals surface area contributed by atoms with Crippen molar-refractivity contribution in [2.24, 2.45) is 5.92 Å². The van der Waals surface area contributed by atoms with E-state index in [2.05, 4.69) is 29.0 Å². The van der Waals surface area contributed by atoms with Crippen LogP contribution in [0.1, 0.15) is 39.3 Å². The zero-order valence-corrected chi connectivity index (χ0v) is 19.6. The molecule has 178 valence electrons. The molecule has 0 saturated carbocycles. The predicted molar refractivity (Wildman–Crippen MR) is 125 cm³/mol. The second kappa shape index (κ2) is 11.2. The molecule has 0 spiro atoms. The number of benzene rings is 2. The van der Waals surface area contributed by atoms with E-state index in [1.807, 2.05) is 38.1 Å². The number of fused-ring (bicyclic) bond motifs is 1. The van der Waals surface area contributed by atoms with Crippen molar-refractivity contribution in [1.82, 2.24) is 19.8 Å². The summed E-state index contributed by atoms with van der Waals surface area (Å²) >= 11 is 0. The zero-order chi connectivity index (χ0) is 24.0. The molecule has 0 aliphatic heterocycles. The number of hydrogen-bond acceptors (Lipinski definition) is 4. The van der Waals surface area contributed by atoms with E-state index in [4.69, 9.17) is 4.74 Å². The van der Waals surface area contributed by atoms with Crippen LogP contribution in [-0.2, 0) is 11.3 Å². The molecule has 33 heavy (non-hydrogen) atoms. The van der Waals surface area contributed by atoms with Crippen LogP contribution in [0.4, 0.5) is 8.78 Å². The number of carbonyl (C=O) groups excluding carboxylic acids is 1. The summed E-state index contributed by atoms with van der Waals surface area (Å²) in [6, 6.07) is 9.11. The molecule has 1 atom stereocenters. The highest BCUT2D eigenvalue weighted by atomic mass is 19.2. The van der Waals surface area contributed by atoms with Crippen LogP contribution in [0.25, 0.3) is 11.0 Å². The largest absolute Gasteiger partial charge is 0.492 e. The fraction of sp³-hybridized carbons (Fsp3) is 0.440. The Labute approximate surface area is 193 Å². The number of likely N-dealkylation sites (N-methyl/N-ethyl adjacent to an activating group) is 1. The molecule has 3 aromatic rings. The highest BCUT2D eigenvalue weighted by molar-refractivity contribution is 5.84. The number of ether oxygens (including phenoxy) is 1. The van der Waals surface area contributed by atoms with Gasteiger partial charge in [-0.15, -0.1) is 0 Å². The fourth-order valence-corrected chi connectivity index (χ4v) is 3.90. The van der Waals surface area contributed by atoms with Gasteiger partial charge in [0.15, 0.2) is 11.6 Å². The summed E-state index contributed by atoms with van der Waals surface area (Å²) in [7, 11) is 0. The maximum absolute atomic E-state index is 13.8. The lowest BCUT2D eigenvalue weighted by molar-refractivity contribution is -0.125. The van der Waals surface area contributed by atoms with Gasteiger partial charge in [-0.3, -0.25) is 4.79 Å². The van der Waals surface area contributed by atoms with E-state index in [-0.39, 0.29) is 11.8 Å². The van der Waals surface area contributed by atoms with Gasteiger partial charge in [0.2, 0.25) is 5.91 Å². The maximum atomic E-state index is 13.8. The smallest absolute Gasteiger partial charge is 0.243 e. The van der Waals surface area contributed by atoms with E-state index in [1.165, 1.54) is 6.33 Å². The molecule has 3 rings (SSSR count). The van der Waals surface area contributed by atoms with Crippen molar-refractivity contribution in [3.05, 3.63) is 59.9 Å². The van der Waals surface area contributed by atoms with Gasteiger partial charge in [-0.05, 0) is 25.1 Å². The summed E-state index contributed by atoms with van der Waals surface area (Å²) in [5, 5.41) is 2.98. The number of rotatable bonds is 11. The standard InChI is InChI=1S/C25H32F2N4O2/c1-5-30(6-2)11-12-33-23-10-8-7-9-18(23)15-28-25(32)24(17(3)4)31-16-29-21-13-19(26)20(27)14-22(21)31/h7-10,13-14,16-17,24H,5-6,11-12,15H2,1-4H3,(H,28,32). The van der Waals surface area contributed by atoms with E-state index in [0.29, 0.717) is 24.2 Å². The van der Waals surface area contributed by atoms with Gasteiger partial charge in [0.25, 0.3) is 0 Å². The Bertz CT molecular complexity index is 1080. The van der Waals surface area contributed by atoms with Crippen molar-refractivity contribution in [1.29, 1.82) is 0 Å². The third kappa shape index (κ3) is 5.87. The third-order valence-electron chi connectivity index (χ3n) is 5.80. The number of nitrogens with zero attached hydrogens (tertiary/aromatic N) is 3. The quantitative estimate of drug-likeness (QED) is 0.458. The Morgan fingerprint density at radius 1 is 1.15 bits per heavy atom. The number of carbonyl (C=O) groups is 1. The first-order valence-corrected chi connectivity index (χ1v) is 11.4. The molecule has 0 aliphatic carbocycles. The minimum Gasteiger partial charge on any atom is -0.492 e. The van der Waals surface area contributed by atoms with E-state index in [0.717, 1.165) is 43.1 Å². The molecule has 1 heterocycles. The molecule has 2 aromatic carbocycles. The highest BCUT2D eigenvalue weighted by Crippen LogP contribution is 2.26. The molecular formula is C25H32F2N4O2. The molecular weight excluding hydrogens is 426 g/mol. The van der Waals surface area contributed by atoms with Crippen LogP contribution in [-0.4, -0.2) is 46.6 Å². The first kappa shape index (κ1) is 24.6. The second-order valence-corrected chi connectivity index (χ2v) is 8.30. The Balaban J connectivity index is 1.72. The number of aromatic nitrogens is 2. The van der Waals surface area contributed by atoms with Gasteiger partial charge in [-0.1, -0.05) is 45.9 Å². The van der Waals surface area contributed by atoms with Gasteiger partial charge in [0.1, 0.15) is 18.4 Å². The molecule has 6 nitrogen and oxygen atoms in total. The first-order valence-electron chi connectivity index (χ1n) is 11.4. The van der Waals surface area contributed by atoms with E-state index in [9.17, 15) is 13.6 Å². The topological polar surface area (TPSA) is 59.4 Å². The number of amides is 1. The number of halogens is 2. The Kier molecular flexibility index (Phi) is 8.38. The van der Waals surface area contributed by atoms with Crippen molar-refractivity contribution in [3.8, 4) is 5.75 Å². The molecule has 1 N–H and O–H groups in total. The van der Waals surface area contributed by atoms with Gasteiger partial charge in [-0.2, -0.15) is 0 Å². The van der Waals surface area contributed by atoms with Crippen LogP contribution in [0, 0.1) is 17.6 Å². The van der Waals surface area contributed by atoms with Crippen molar-refractivity contribution in [3.63, 3.8) is 0 Å². The van der Waals surface area contributed by atoms with E-state index >= 15 is 0 Å². The van der Waals surface area contributed by atoms with Crippen LogP contribution < -0.4 is 10.1 Å². The van der Waals surface area contributed by atoms with E-state index < -0.39 is 17.7 Å². The van der Waals surface area contributed by atoms with Gasteiger partial charge in [-0.25, -0.2) is 13.8 Å². The van der Waals surface area contributed by atoms with Gasteiger partial charge < -0.3 is 19.5 Å². The van der Waals surface area contributed by atoms with Crippen LogP contribution in [0.2, 0.25) is 0 Å². The lowest BCUT2D eigenvalue weighted by atomic mass is 10.0.